The van der Waals surface area contributed by atoms with Crippen LogP contribution in [0.1, 0.15) is 131 Å². The number of rotatable bonds is 15. The third-order valence-electron chi connectivity index (χ3n) is 25.5. The van der Waals surface area contributed by atoms with Crippen LogP contribution in [0.15, 0.2) is 147 Å². The molecule has 12 heterocycles. The number of nitrogens with one attached hydrogen (secondary N) is 4. The Morgan fingerprint density at radius 1 is 0.427 bits per heavy atom. The van der Waals surface area contributed by atoms with E-state index >= 15 is 0 Å². The molecule has 8 aromatic heterocycles. The van der Waals surface area contributed by atoms with Crippen molar-refractivity contribution in [1.82, 2.24) is 59.5 Å². The molecule has 4 saturated carbocycles. The zero-order valence-corrected chi connectivity index (χ0v) is 70.1. The molecule has 31 heteroatoms. The van der Waals surface area contributed by atoms with Crippen LogP contribution in [0.3, 0.4) is 0 Å². The zero-order valence-electron chi connectivity index (χ0n) is 70.1. The quantitative estimate of drug-likeness (QED) is 0.0454. The van der Waals surface area contributed by atoms with Gasteiger partial charge in [-0.3, -0.25) is 0 Å². The number of nitrogens with zero attached hydrogens (tertiary/aromatic N) is 8. The summed E-state index contributed by atoms with van der Waals surface area (Å²) in [5, 5.41) is 104. The maximum Gasteiger partial charge on any atom is 0.264 e. The number of aliphatic hydroxyl groups excluding tert-OH is 8. The van der Waals surface area contributed by atoms with Crippen molar-refractivity contribution in [2.24, 2.45) is 0 Å². The Morgan fingerprint density at radius 2 is 0.823 bits per heavy atom. The van der Waals surface area contributed by atoms with Crippen molar-refractivity contribution in [3.8, 4) is 46.0 Å². The lowest BCUT2D eigenvalue weighted by Gasteiger charge is -2.26. The average Bonchev–Trinajstić information content (AvgIpc) is 1.70. The molecule has 0 bridgehead atoms. The number of ether oxygens (including phenoxy) is 8. The van der Waals surface area contributed by atoms with Gasteiger partial charge in [0.05, 0.1) is 30.8 Å². The standard InChI is InChI=1S/C24H28FN3O4.C23H25F2N3O4.2C23H27N3O4/c1-3-31-19-11-18(16-12-26-7-5-15(16)21(19)25)32-20-10-17(22(29)23(20)30)28-9-6-14-13(2)4-8-27-24(14)28;1-12-2-4-27-23-14(12)3-6-28(23)16-10-19(21(30)20(16)29)32-18-9-13(22(24)25)8-17-15(18)11-26-5-7-31-17;1-13-9-18-16(12-24-6-8-29-18)19(10-13)30-20-11-17(21(27)22(20)28)26-7-4-15-14(2)3-5-25-23(15)26;1-13-6-8-24-23-15(13)7-9-26(23)17-10-20(22(28)21(17)27)30-19-5-3-4-18-16(19)11-25-14(2)12-29-18/h4,6,8-9,11,17,20,22-23,26,29-30H,3,5,7,10,12H2,1-2H3;2-4,6,8-9,16,19-22,26,29-30H,5,7,10-11H2,1H3;3-5,7,9-10,17,20-22,24,27-28H,6,8,11-12H2,1-2H3;3-9,14,17,20-22,25,27-28H,10-12H2,1-2H3. The summed E-state index contributed by atoms with van der Waals surface area (Å²) in [7, 11) is 0. The molecule has 4 aliphatic carbocycles. The number of hydrogen-bond donors (Lipinski definition) is 12. The minimum absolute atomic E-state index is 0.156. The first kappa shape index (κ1) is 85.5. The van der Waals surface area contributed by atoms with E-state index < -0.39 is 85.7 Å². The fraction of sp³-hybridized carbons (Fsp3) is 0.441. The van der Waals surface area contributed by atoms with E-state index in [-0.39, 0.29) is 47.0 Å². The van der Waals surface area contributed by atoms with Crippen molar-refractivity contribution >= 4 is 44.1 Å². The van der Waals surface area contributed by atoms with Gasteiger partial charge in [-0.25, -0.2) is 33.1 Å². The van der Waals surface area contributed by atoms with Crippen LogP contribution >= 0.6 is 0 Å². The van der Waals surface area contributed by atoms with Crippen molar-refractivity contribution in [2.75, 3.05) is 46.1 Å². The van der Waals surface area contributed by atoms with Crippen LogP contribution in [-0.4, -0.2) is 204 Å². The highest BCUT2D eigenvalue weighted by Crippen LogP contribution is 2.46. The van der Waals surface area contributed by atoms with E-state index in [4.69, 9.17) is 37.9 Å². The van der Waals surface area contributed by atoms with Gasteiger partial charge in [0.15, 0.2) is 11.6 Å². The molecule has 0 amide bonds. The molecule has 17 unspecified atom stereocenters. The van der Waals surface area contributed by atoms with E-state index in [1.807, 2.05) is 157 Å². The summed E-state index contributed by atoms with van der Waals surface area (Å²) in [5.74, 6) is 3.87. The fourth-order valence-corrected chi connectivity index (χ4v) is 18.6. The van der Waals surface area contributed by atoms with Crippen LogP contribution in [0, 0.1) is 40.4 Å². The third kappa shape index (κ3) is 16.9. The molecule has 4 aromatic carbocycles. The Hall–Kier alpha value is -10.7. The number of pyridine rings is 4. The zero-order chi connectivity index (χ0) is 86.5. The minimum atomic E-state index is -2.69. The van der Waals surface area contributed by atoms with E-state index in [0.717, 1.165) is 101 Å². The Kier molecular flexibility index (Phi) is 25.2. The first-order chi connectivity index (χ1) is 60.0. The second-order valence-electron chi connectivity index (χ2n) is 33.5. The summed E-state index contributed by atoms with van der Waals surface area (Å²) in [4.78, 5) is 17.9. The summed E-state index contributed by atoms with van der Waals surface area (Å²) in [6.45, 7) is 20.0. The third-order valence-corrected chi connectivity index (χ3v) is 25.5. The predicted octanol–water partition coefficient (Wildman–Crippen LogP) is 10.1. The van der Waals surface area contributed by atoms with Crippen LogP contribution in [-0.2, 0) is 32.6 Å². The van der Waals surface area contributed by atoms with E-state index in [9.17, 15) is 54.0 Å². The van der Waals surface area contributed by atoms with Gasteiger partial charge in [0, 0.05) is 182 Å². The van der Waals surface area contributed by atoms with Gasteiger partial charge in [0.2, 0.25) is 0 Å². The highest BCUT2D eigenvalue weighted by atomic mass is 19.3. The molecule has 4 fully saturated rings. The number of aliphatic hydroxyl groups is 8. The molecule has 17 atom stereocenters. The minimum Gasteiger partial charge on any atom is -0.492 e. The van der Waals surface area contributed by atoms with Crippen LogP contribution in [0.25, 0.3) is 44.1 Å². The van der Waals surface area contributed by atoms with Gasteiger partial charge in [0.25, 0.3) is 6.43 Å². The van der Waals surface area contributed by atoms with E-state index in [1.54, 1.807) is 37.8 Å². The Labute approximate surface area is 714 Å². The monoisotopic (exact) mass is 1700 g/mol. The molecule has 4 aliphatic heterocycles. The topological polar surface area (TPSA) is 355 Å². The van der Waals surface area contributed by atoms with Crippen molar-refractivity contribution < 1.29 is 91.9 Å². The second kappa shape index (κ2) is 36.5. The number of benzene rings is 4. The first-order valence-electron chi connectivity index (χ1n) is 42.7. The summed E-state index contributed by atoms with van der Waals surface area (Å²) in [6.07, 6.45) is 3.37. The smallest absolute Gasteiger partial charge is 0.264 e. The number of fused-ring (bicyclic) bond motifs is 8. The molecule has 656 valence electrons. The molecule has 0 saturated heterocycles. The van der Waals surface area contributed by atoms with Gasteiger partial charge in [-0.2, -0.15) is 0 Å². The lowest BCUT2D eigenvalue weighted by molar-refractivity contribution is -0.0167. The van der Waals surface area contributed by atoms with Crippen molar-refractivity contribution in [3.05, 3.63) is 214 Å². The van der Waals surface area contributed by atoms with Crippen LogP contribution < -0.4 is 59.2 Å². The molecule has 8 aliphatic rings. The van der Waals surface area contributed by atoms with Crippen LogP contribution in [0.4, 0.5) is 13.2 Å². The Bertz CT molecular complexity index is 5830. The summed E-state index contributed by atoms with van der Waals surface area (Å²) in [6, 6.07) is 28.4. The molecule has 28 nitrogen and oxygen atoms in total. The van der Waals surface area contributed by atoms with Gasteiger partial charge in [-0.05, 0) is 174 Å². The predicted molar refractivity (Wildman–Crippen MR) is 456 cm³/mol. The first-order valence-corrected chi connectivity index (χ1v) is 42.7. The lowest BCUT2D eigenvalue weighted by Crippen LogP contribution is -2.35. The SMILES string of the molecule is CCOc1cc(OC2CC(n3ccc4c(C)ccnc43)C(O)C2O)c2c(c1F)CCNC2.Cc1cc2c(c(OC3CC(n4ccc5c(C)ccnc54)C(O)C3O)c1)CNCCO2.Cc1ccnc2c1ccn2C1CC(Oc2cc(C(F)F)cc3c2CNCCO3)C(O)C1O.Cc1ccnc2c1ccn2C1CC(Oc2cccc3c2CNC(C)CO3)C(O)C1O. The van der Waals surface area contributed by atoms with Crippen molar-refractivity contribution in [3.63, 3.8) is 0 Å². The summed E-state index contributed by atoms with van der Waals surface area (Å²) < 4.78 is 97.2. The average molecular weight is 1710 g/mol. The summed E-state index contributed by atoms with van der Waals surface area (Å²) >= 11 is 0. The largest absolute Gasteiger partial charge is 0.492 e. The highest BCUT2D eigenvalue weighted by Gasteiger charge is 2.49. The van der Waals surface area contributed by atoms with Crippen LogP contribution in [0.2, 0.25) is 0 Å². The van der Waals surface area contributed by atoms with Gasteiger partial charge >= 0.3 is 0 Å². The van der Waals surface area contributed by atoms with Crippen molar-refractivity contribution in [1.29, 1.82) is 0 Å². The molecule has 12 N–H and O–H groups in total. The Morgan fingerprint density at radius 3 is 1.26 bits per heavy atom. The van der Waals surface area contributed by atoms with E-state index in [1.165, 1.54) is 12.1 Å². The van der Waals surface area contributed by atoms with Gasteiger partial charge in [0.1, 0.15) is 156 Å². The normalized spacial score (nSPS) is 26.4. The summed E-state index contributed by atoms with van der Waals surface area (Å²) in [5.41, 5.74) is 12.2. The number of hydrogen-bond acceptors (Lipinski definition) is 24. The van der Waals surface area contributed by atoms with Crippen molar-refractivity contribution in [2.45, 2.75) is 217 Å². The maximum atomic E-state index is 14.9. The molecular formula is C93H107F3N12O16. The van der Waals surface area contributed by atoms with Gasteiger partial charge in [-0.1, -0.05) is 6.07 Å². The molecular weight excluding hydrogens is 1600 g/mol. The van der Waals surface area contributed by atoms with Crippen LogP contribution in [0.5, 0.6) is 46.0 Å². The molecule has 12 aromatic rings. The highest BCUT2D eigenvalue weighted by molar-refractivity contribution is 5.82. The molecule has 20 rings (SSSR count). The number of halogens is 3. The fourth-order valence-electron chi connectivity index (χ4n) is 18.6. The van der Waals surface area contributed by atoms with Gasteiger partial charge in [-0.15, -0.1) is 0 Å². The number of alkyl halides is 2. The molecule has 0 radical (unpaired) electrons. The maximum absolute atomic E-state index is 14.9. The van der Waals surface area contributed by atoms with E-state index in [2.05, 4.69) is 48.1 Å². The molecule has 124 heavy (non-hydrogen) atoms. The number of aryl methyl sites for hydroxylation is 5. The molecule has 0 spiro atoms. The second-order valence-corrected chi connectivity index (χ2v) is 33.5. The van der Waals surface area contributed by atoms with Gasteiger partial charge < -0.3 is 118 Å². The Balaban J connectivity index is 0.000000117. The van der Waals surface area contributed by atoms with E-state index in [0.29, 0.717) is 138 Å². The lowest BCUT2D eigenvalue weighted by atomic mass is 9.98. The number of aromatic nitrogens is 8.